The highest BCUT2D eigenvalue weighted by molar-refractivity contribution is 9.10. The van der Waals surface area contributed by atoms with Crippen LogP contribution in [-0.2, 0) is 0 Å². The average molecular weight is 333 g/mol. The molecule has 100 valence electrons. The summed E-state index contributed by atoms with van der Waals surface area (Å²) in [4.78, 5) is 13.7. The second-order valence-electron chi connectivity index (χ2n) is 4.15. The topological polar surface area (TPSA) is 44.1 Å². The van der Waals surface area contributed by atoms with Gasteiger partial charge in [-0.3, -0.25) is 4.79 Å². The SMILES string of the molecule is CN(C(=O)c1cc(F)cc(Br)c1)c1ccccc1C#N. The summed E-state index contributed by atoms with van der Waals surface area (Å²) < 4.78 is 13.8. The highest BCUT2D eigenvalue weighted by Crippen LogP contribution is 2.22. The predicted octanol–water partition coefficient (Wildman–Crippen LogP) is 3.74. The summed E-state index contributed by atoms with van der Waals surface area (Å²) >= 11 is 3.15. The Morgan fingerprint density at radius 1 is 1.30 bits per heavy atom. The van der Waals surface area contributed by atoms with E-state index >= 15 is 0 Å². The third-order valence-corrected chi connectivity index (χ3v) is 3.26. The van der Waals surface area contributed by atoms with Gasteiger partial charge in [-0.1, -0.05) is 28.1 Å². The van der Waals surface area contributed by atoms with Gasteiger partial charge in [0.1, 0.15) is 11.9 Å². The number of para-hydroxylation sites is 1. The Labute approximate surface area is 124 Å². The molecule has 0 saturated heterocycles. The van der Waals surface area contributed by atoms with Crippen molar-refractivity contribution >= 4 is 27.5 Å². The van der Waals surface area contributed by atoms with Crippen molar-refractivity contribution in [2.75, 3.05) is 11.9 Å². The first kappa shape index (κ1) is 14.2. The number of halogens is 2. The van der Waals surface area contributed by atoms with Crippen LogP contribution in [0.15, 0.2) is 46.9 Å². The fraction of sp³-hybridized carbons (Fsp3) is 0.0667. The molecule has 0 unspecified atom stereocenters. The van der Waals surface area contributed by atoms with Crippen LogP contribution in [0.5, 0.6) is 0 Å². The molecular formula is C15H10BrFN2O. The van der Waals surface area contributed by atoms with Crippen molar-refractivity contribution in [1.29, 1.82) is 5.26 Å². The van der Waals surface area contributed by atoms with Gasteiger partial charge in [0.15, 0.2) is 0 Å². The Kier molecular flexibility index (Phi) is 4.16. The van der Waals surface area contributed by atoms with Crippen molar-refractivity contribution in [2.45, 2.75) is 0 Å². The van der Waals surface area contributed by atoms with E-state index in [1.165, 1.54) is 23.1 Å². The van der Waals surface area contributed by atoms with Crippen LogP contribution in [0, 0.1) is 17.1 Å². The van der Waals surface area contributed by atoms with Crippen molar-refractivity contribution in [2.24, 2.45) is 0 Å². The lowest BCUT2D eigenvalue weighted by molar-refractivity contribution is 0.0992. The van der Waals surface area contributed by atoms with Gasteiger partial charge in [0.25, 0.3) is 5.91 Å². The molecule has 3 nitrogen and oxygen atoms in total. The fourth-order valence-corrected chi connectivity index (χ4v) is 2.31. The molecule has 0 bridgehead atoms. The number of carbonyl (C=O) groups excluding carboxylic acids is 1. The lowest BCUT2D eigenvalue weighted by Gasteiger charge is -2.18. The number of amides is 1. The largest absolute Gasteiger partial charge is 0.310 e. The quantitative estimate of drug-likeness (QED) is 0.840. The van der Waals surface area contributed by atoms with Gasteiger partial charge in [0.05, 0.1) is 11.3 Å². The third-order valence-electron chi connectivity index (χ3n) is 2.80. The van der Waals surface area contributed by atoms with Crippen LogP contribution in [0.25, 0.3) is 0 Å². The molecule has 0 fully saturated rings. The smallest absolute Gasteiger partial charge is 0.258 e. The van der Waals surface area contributed by atoms with Gasteiger partial charge in [0.2, 0.25) is 0 Å². The minimum absolute atomic E-state index is 0.215. The van der Waals surface area contributed by atoms with Gasteiger partial charge in [-0.05, 0) is 30.3 Å². The molecular weight excluding hydrogens is 323 g/mol. The molecule has 0 N–H and O–H groups in total. The standard InChI is InChI=1S/C15H10BrFN2O/c1-19(14-5-3-2-4-10(14)9-18)15(20)11-6-12(16)8-13(17)7-11/h2-8H,1H3. The molecule has 0 aliphatic carbocycles. The maximum atomic E-state index is 13.3. The second kappa shape index (κ2) is 5.85. The van der Waals surface area contributed by atoms with Crippen LogP contribution in [0.3, 0.4) is 0 Å². The van der Waals surface area contributed by atoms with Gasteiger partial charge < -0.3 is 4.90 Å². The number of nitrogens with zero attached hydrogens (tertiary/aromatic N) is 2. The first-order chi connectivity index (χ1) is 9.52. The lowest BCUT2D eigenvalue weighted by Crippen LogP contribution is -2.27. The molecule has 2 aromatic rings. The number of anilines is 1. The van der Waals surface area contributed by atoms with E-state index in [1.54, 1.807) is 31.3 Å². The number of hydrogen-bond donors (Lipinski definition) is 0. The van der Waals surface area contributed by atoms with Gasteiger partial charge in [-0.25, -0.2) is 4.39 Å². The van der Waals surface area contributed by atoms with Gasteiger partial charge in [-0.2, -0.15) is 5.26 Å². The van der Waals surface area contributed by atoms with Crippen LogP contribution in [0.1, 0.15) is 15.9 Å². The molecule has 0 saturated carbocycles. The Morgan fingerprint density at radius 3 is 2.65 bits per heavy atom. The minimum Gasteiger partial charge on any atom is -0.310 e. The molecule has 0 atom stereocenters. The summed E-state index contributed by atoms with van der Waals surface area (Å²) in [6.45, 7) is 0. The zero-order chi connectivity index (χ0) is 14.7. The molecule has 0 spiro atoms. The van der Waals surface area contributed by atoms with E-state index < -0.39 is 5.82 Å². The van der Waals surface area contributed by atoms with E-state index in [-0.39, 0.29) is 11.5 Å². The van der Waals surface area contributed by atoms with Crippen molar-refractivity contribution in [1.82, 2.24) is 0 Å². The fourth-order valence-electron chi connectivity index (χ4n) is 1.84. The predicted molar refractivity (Wildman–Crippen MR) is 78.0 cm³/mol. The maximum Gasteiger partial charge on any atom is 0.258 e. The molecule has 0 aromatic heterocycles. The minimum atomic E-state index is -0.496. The molecule has 0 aliphatic rings. The van der Waals surface area contributed by atoms with Crippen LogP contribution >= 0.6 is 15.9 Å². The van der Waals surface area contributed by atoms with Crippen LogP contribution in [-0.4, -0.2) is 13.0 Å². The number of hydrogen-bond acceptors (Lipinski definition) is 2. The van der Waals surface area contributed by atoms with E-state index in [4.69, 9.17) is 5.26 Å². The Balaban J connectivity index is 2.40. The highest BCUT2D eigenvalue weighted by atomic mass is 79.9. The molecule has 0 heterocycles. The molecule has 2 rings (SSSR count). The Hall–Kier alpha value is -2.19. The van der Waals surface area contributed by atoms with E-state index in [2.05, 4.69) is 15.9 Å². The van der Waals surface area contributed by atoms with E-state index in [1.807, 2.05) is 6.07 Å². The summed E-state index contributed by atoms with van der Waals surface area (Å²) in [6, 6.07) is 12.8. The van der Waals surface area contributed by atoms with Gasteiger partial charge >= 0.3 is 0 Å². The van der Waals surface area contributed by atoms with Crippen LogP contribution in [0.2, 0.25) is 0 Å². The monoisotopic (exact) mass is 332 g/mol. The van der Waals surface area contributed by atoms with Gasteiger partial charge in [-0.15, -0.1) is 0 Å². The molecule has 1 amide bonds. The number of carbonyl (C=O) groups is 1. The van der Waals surface area contributed by atoms with Gasteiger partial charge in [0, 0.05) is 17.1 Å². The van der Waals surface area contributed by atoms with Crippen LogP contribution < -0.4 is 4.90 Å². The third kappa shape index (κ3) is 2.86. The zero-order valence-electron chi connectivity index (χ0n) is 10.6. The number of nitriles is 1. The van der Waals surface area contributed by atoms with Crippen LogP contribution in [0.4, 0.5) is 10.1 Å². The van der Waals surface area contributed by atoms with E-state index in [0.717, 1.165) is 0 Å². The first-order valence-corrected chi connectivity index (χ1v) is 6.55. The number of benzene rings is 2. The Morgan fingerprint density at radius 2 is 2.00 bits per heavy atom. The van der Waals surface area contributed by atoms with E-state index in [0.29, 0.717) is 15.7 Å². The number of rotatable bonds is 2. The lowest BCUT2D eigenvalue weighted by atomic mass is 10.1. The molecule has 5 heteroatoms. The molecule has 0 aliphatic heterocycles. The normalized spacial score (nSPS) is 9.90. The summed E-state index contributed by atoms with van der Waals surface area (Å²) in [5.74, 6) is -0.877. The molecule has 2 aromatic carbocycles. The average Bonchev–Trinajstić information content (AvgIpc) is 2.44. The van der Waals surface area contributed by atoms with E-state index in [9.17, 15) is 9.18 Å². The van der Waals surface area contributed by atoms with Crippen molar-refractivity contribution in [3.8, 4) is 6.07 Å². The Bertz CT molecular complexity index is 689. The molecule has 0 radical (unpaired) electrons. The summed E-state index contributed by atoms with van der Waals surface area (Å²) in [5.41, 5.74) is 1.09. The first-order valence-electron chi connectivity index (χ1n) is 5.76. The van der Waals surface area contributed by atoms with Crippen molar-refractivity contribution < 1.29 is 9.18 Å². The zero-order valence-corrected chi connectivity index (χ0v) is 12.2. The van der Waals surface area contributed by atoms with Crippen molar-refractivity contribution in [3.63, 3.8) is 0 Å². The van der Waals surface area contributed by atoms with Crippen molar-refractivity contribution in [3.05, 3.63) is 63.9 Å². The highest BCUT2D eigenvalue weighted by Gasteiger charge is 2.17. The summed E-state index contributed by atoms with van der Waals surface area (Å²) in [5, 5.41) is 9.05. The second-order valence-corrected chi connectivity index (χ2v) is 5.07. The molecule has 20 heavy (non-hydrogen) atoms. The maximum absolute atomic E-state index is 13.3. The summed E-state index contributed by atoms with van der Waals surface area (Å²) in [7, 11) is 1.55. The summed E-state index contributed by atoms with van der Waals surface area (Å²) in [6.07, 6.45) is 0.